The van der Waals surface area contributed by atoms with Crippen molar-refractivity contribution in [3.8, 4) is 0 Å². The summed E-state index contributed by atoms with van der Waals surface area (Å²) in [5.74, 6) is 3.54. The lowest BCUT2D eigenvalue weighted by atomic mass is 10.2. The molecule has 1 rings (SSSR count). The maximum absolute atomic E-state index is 12.3. The fraction of sp³-hybridized carbons (Fsp3) is 0.222. The predicted octanol–water partition coefficient (Wildman–Crippen LogP) is 2.05. The van der Waals surface area contributed by atoms with Crippen molar-refractivity contribution in [1.29, 1.82) is 0 Å². The minimum absolute atomic E-state index is 0.239. The number of hydrazine groups is 1. The molecular weight excluding hydrogens is 207 g/mol. The molecule has 0 radical (unpaired) electrons. The number of nitrogens with one attached hydrogen (secondary N) is 1. The van der Waals surface area contributed by atoms with E-state index in [-0.39, 0.29) is 5.69 Å². The topological polar surface area (TPSA) is 50.4 Å². The third kappa shape index (κ3) is 2.95. The lowest BCUT2D eigenvalue weighted by Crippen LogP contribution is -2.41. The lowest BCUT2D eigenvalue weighted by Gasteiger charge is -2.09. The van der Waals surface area contributed by atoms with Gasteiger partial charge in [0.1, 0.15) is 0 Å². The Morgan fingerprint density at radius 2 is 1.93 bits per heavy atom. The van der Waals surface area contributed by atoms with Crippen molar-refractivity contribution in [3.05, 3.63) is 29.8 Å². The van der Waals surface area contributed by atoms with Gasteiger partial charge in [-0.2, -0.15) is 13.2 Å². The van der Waals surface area contributed by atoms with Gasteiger partial charge in [0.15, 0.2) is 0 Å². The summed E-state index contributed by atoms with van der Waals surface area (Å²) in [4.78, 5) is 3.40. The van der Waals surface area contributed by atoms with Crippen LogP contribution < -0.4 is 11.3 Å². The Balaban J connectivity index is 3.10. The van der Waals surface area contributed by atoms with Gasteiger partial charge in [-0.3, -0.25) is 0 Å². The van der Waals surface area contributed by atoms with E-state index in [1.807, 2.05) is 0 Å². The van der Waals surface area contributed by atoms with Crippen LogP contribution in [-0.4, -0.2) is 12.0 Å². The van der Waals surface area contributed by atoms with Crippen LogP contribution in [0.4, 0.5) is 18.9 Å². The Bertz CT molecular complexity index is 371. The third-order valence-electron chi connectivity index (χ3n) is 1.75. The Kier molecular flexibility index (Phi) is 3.31. The summed E-state index contributed by atoms with van der Waals surface area (Å²) in [6, 6.07) is 6.48. The Morgan fingerprint density at radius 1 is 1.33 bits per heavy atom. The molecule has 6 heteroatoms. The van der Waals surface area contributed by atoms with E-state index in [0.717, 1.165) is 0 Å². The molecule has 0 aliphatic heterocycles. The molecule has 0 aliphatic rings. The molecule has 0 saturated carbocycles. The summed E-state index contributed by atoms with van der Waals surface area (Å²) in [6.45, 7) is 1.67. The number of hydrogen-bond donors (Lipinski definition) is 2. The van der Waals surface area contributed by atoms with Crippen molar-refractivity contribution < 1.29 is 13.2 Å². The first-order chi connectivity index (χ1) is 6.95. The van der Waals surface area contributed by atoms with E-state index in [4.69, 9.17) is 5.84 Å². The molecule has 0 unspecified atom stereocenters. The molecule has 3 nitrogen and oxygen atoms in total. The molecule has 0 spiro atoms. The summed E-state index contributed by atoms with van der Waals surface area (Å²) in [5, 5.41) is 0. The van der Waals surface area contributed by atoms with E-state index in [1.54, 1.807) is 30.5 Å². The minimum atomic E-state index is -4.57. The van der Waals surface area contributed by atoms with Crippen molar-refractivity contribution in [1.82, 2.24) is 5.43 Å². The summed E-state index contributed by atoms with van der Waals surface area (Å²) >= 11 is 0. The van der Waals surface area contributed by atoms with Crippen LogP contribution in [0.5, 0.6) is 0 Å². The molecule has 82 valence electrons. The second-order valence-corrected chi connectivity index (χ2v) is 2.89. The number of rotatable bonds is 1. The third-order valence-corrected chi connectivity index (χ3v) is 1.75. The molecule has 0 saturated heterocycles. The van der Waals surface area contributed by atoms with Gasteiger partial charge in [0.2, 0.25) is 5.84 Å². The van der Waals surface area contributed by atoms with E-state index < -0.39 is 12.0 Å². The van der Waals surface area contributed by atoms with Crippen LogP contribution in [0.25, 0.3) is 0 Å². The number of para-hydroxylation sites is 1. The molecule has 0 amide bonds. The van der Waals surface area contributed by atoms with Crippen molar-refractivity contribution >= 4 is 11.5 Å². The molecule has 0 heterocycles. The highest BCUT2D eigenvalue weighted by atomic mass is 19.4. The van der Waals surface area contributed by atoms with Crippen LogP contribution in [0.15, 0.2) is 29.3 Å². The van der Waals surface area contributed by atoms with Crippen molar-refractivity contribution in [2.45, 2.75) is 13.1 Å². The van der Waals surface area contributed by atoms with Gasteiger partial charge in [-0.15, -0.1) is 0 Å². The van der Waals surface area contributed by atoms with Crippen LogP contribution >= 0.6 is 0 Å². The molecule has 0 aromatic heterocycles. The number of alkyl halides is 3. The summed E-state index contributed by atoms with van der Waals surface area (Å²) in [6.07, 6.45) is -4.57. The van der Waals surface area contributed by atoms with Gasteiger partial charge >= 0.3 is 6.18 Å². The molecule has 3 N–H and O–H groups in total. The largest absolute Gasteiger partial charge is 0.450 e. The van der Waals surface area contributed by atoms with Gasteiger partial charge in [-0.05, 0) is 18.6 Å². The van der Waals surface area contributed by atoms with E-state index in [0.29, 0.717) is 5.56 Å². The molecule has 1 aromatic rings. The van der Waals surface area contributed by atoms with Crippen molar-refractivity contribution in [3.63, 3.8) is 0 Å². The Morgan fingerprint density at radius 3 is 2.40 bits per heavy atom. The first-order valence-electron chi connectivity index (χ1n) is 4.13. The first kappa shape index (κ1) is 11.5. The Labute approximate surface area is 84.8 Å². The number of halogens is 3. The van der Waals surface area contributed by atoms with Gasteiger partial charge in [0.05, 0.1) is 5.69 Å². The minimum Gasteiger partial charge on any atom is -0.304 e. The second-order valence-electron chi connectivity index (χ2n) is 2.89. The van der Waals surface area contributed by atoms with Crippen LogP contribution in [-0.2, 0) is 0 Å². The number of aryl methyl sites for hydroxylation is 1. The fourth-order valence-electron chi connectivity index (χ4n) is 0.987. The lowest BCUT2D eigenvalue weighted by molar-refractivity contribution is -0.0617. The van der Waals surface area contributed by atoms with E-state index in [2.05, 4.69) is 4.99 Å². The smallest absolute Gasteiger partial charge is 0.304 e. The zero-order valence-corrected chi connectivity index (χ0v) is 7.97. The average molecular weight is 217 g/mol. The van der Waals surface area contributed by atoms with Gasteiger partial charge < -0.3 is 5.43 Å². The normalized spacial score (nSPS) is 12.7. The number of hydrogen-bond acceptors (Lipinski definition) is 2. The van der Waals surface area contributed by atoms with Crippen LogP contribution in [0.3, 0.4) is 0 Å². The molecule has 0 bridgehead atoms. The molecule has 0 aliphatic carbocycles. The zero-order valence-electron chi connectivity index (χ0n) is 7.97. The quantitative estimate of drug-likeness (QED) is 0.327. The maximum Gasteiger partial charge on any atom is 0.450 e. The molecular formula is C9H10F3N3. The average Bonchev–Trinajstić information content (AvgIpc) is 2.14. The first-order valence-corrected chi connectivity index (χ1v) is 4.13. The highest BCUT2D eigenvalue weighted by Gasteiger charge is 2.35. The zero-order chi connectivity index (χ0) is 11.5. The van der Waals surface area contributed by atoms with Gasteiger partial charge in [0.25, 0.3) is 0 Å². The monoisotopic (exact) mass is 217 g/mol. The Hall–Kier alpha value is -1.56. The summed E-state index contributed by atoms with van der Waals surface area (Å²) in [5.41, 5.74) is 2.43. The van der Waals surface area contributed by atoms with Gasteiger partial charge in [-0.25, -0.2) is 10.8 Å². The van der Waals surface area contributed by atoms with Gasteiger partial charge in [-0.1, -0.05) is 18.2 Å². The number of amidine groups is 1. The number of nitrogens with zero attached hydrogens (tertiary/aromatic N) is 1. The number of benzene rings is 1. The second kappa shape index (κ2) is 4.31. The number of aliphatic imine (C=N–C) groups is 1. The van der Waals surface area contributed by atoms with Gasteiger partial charge in [0, 0.05) is 0 Å². The SMILES string of the molecule is Cc1ccccc1N=C(NN)C(F)(F)F. The van der Waals surface area contributed by atoms with Crippen molar-refractivity contribution in [2.24, 2.45) is 10.8 Å². The van der Waals surface area contributed by atoms with Crippen LogP contribution in [0, 0.1) is 6.92 Å². The molecule has 15 heavy (non-hydrogen) atoms. The highest BCUT2D eigenvalue weighted by molar-refractivity contribution is 5.89. The standard InChI is InChI=1S/C9H10F3N3/c1-6-4-2-3-5-7(6)14-8(15-13)9(10,11)12/h2-5H,13H2,1H3,(H,14,15). The van der Waals surface area contributed by atoms with Crippen LogP contribution in [0.1, 0.15) is 5.56 Å². The predicted molar refractivity (Wildman–Crippen MR) is 51.7 cm³/mol. The van der Waals surface area contributed by atoms with E-state index in [1.165, 1.54) is 6.07 Å². The van der Waals surface area contributed by atoms with E-state index in [9.17, 15) is 13.2 Å². The molecule has 0 atom stereocenters. The summed E-state index contributed by atoms with van der Waals surface area (Å²) in [7, 11) is 0. The summed E-state index contributed by atoms with van der Waals surface area (Å²) < 4.78 is 36.8. The maximum atomic E-state index is 12.3. The van der Waals surface area contributed by atoms with E-state index >= 15 is 0 Å². The van der Waals surface area contributed by atoms with Crippen LogP contribution in [0.2, 0.25) is 0 Å². The highest BCUT2D eigenvalue weighted by Crippen LogP contribution is 2.22. The number of nitrogens with two attached hydrogens (primary N) is 1. The van der Waals surface area contributed by atoms with Crippen molar-refractivity contribution in [2.75, 3.05) is 0 Å². The molecule has 1 aromatic carbocycles. The molecule has 0 fully saturated rings. The fourth-order valence-corrected chi connectivity index (χ4v) is 0.987.